The van der Waals surface area contributed by atoms with Crippen LogP contribution in [0.25, 0.3) is 76.9 Å². The molecule has 0 N–H and O–H groups in total. The number of hydrogen-bond acceptors (Lipinski definition) is 1. The first kappa shape index (κ1) is 24.5. The molecule has 1 heteroatoms. The summed E-state index contributed by atoms with van der Waals surface area (Å²) in [6.45, 7) is 6.84. The molecule has 1 nitrogen and oxygen atoms in total. The first-order valence-electron chi connectivity index (χ1n) is 15.1. The monoisotopic (exact) mass is 550 g/mol. The lowest BCUT2D eigenvalue weighted by Crippen LogP contribution is -2.14. The first-order valence-corrected chi connectivity index (χ1v) is 15.1. The number of rotatable bonds is 2. The van der Waals surface area contributed by atoms with Crippen LogP contribution in [-0.2, 0) is 5.41 Å². The molecule has 0 bridgehead atoms. The average Bonchev–Trinajstić information content (AvgIpc) is 3.53. The molecule has 0 saturated carbocycles. The summed E-state index contributed by atoms with van der Waals surface area (Å²) in [5, 5.41) is 7.33. The van der Waals surface area contributed by atoms with Crippen molar-refractivity contribution >= 4 is 43.5 Å². The van der Waals surface area contributed by atoms with E-state index < -0.39 is 0 Å². The van der Waals surface area contributed by atoms with Gasteiger partial charge in [-0.25, -0.2) is 0 Å². The molecular formula is C42H30O. The summed E-state index contributed by atoms with van der Waals surface area (Å²) in [5.74, 6) is 0. The molecule has 0 aliphatic heterocycles. The second kappa shape index (κ2) is 8.69. The Labute approximate surface area is 251 Å². The van der Waals surface area contributed by atoms with E-state index in [1.807, 2.05) is 0 Å². The second-order valence-corrected chi connectivity index (χ2v) is 12.5. The van der Waals surface area contributed by atoms with Crippen LogP contribution in [0.15, 0.2) is 132 Å². The molecule has 0 atom stereocenters. The van der Waals surface area contributed by atoms with E-state index >= 15 is 0 Å². The van der Waals surface area contributed by atoms with E-state index in [4.69, 9.17) is 4.42 Å². The molecule has 0 amide bonds. The SMILES string of the molecule is Cc1cccc2c1oc1c(-c3c4ccccc4c(-c4ccc5c(c4)C(C)(C)c4ccccc4-5)c4ccccc34)cccc12. The van der Waals surface area contributed by atoms with E-state index in [1.165, 1.54) is 65.9 Å². The molecule has 0 saturated heterocycles. The van der Waals surface area contributed by atoms with E-state index in [0.717, 1.165) is 27.7 Å². The van der Waals surface area contributed by atoms with Gasteiger partial charge < -0.3 is 4.42 Å². The zero-order chi connectivity index (χ0) is 28.9. The molecule has 0 spiro atoms. The molecule has 0 unspecified atom stereocenters. The predicted molar refractivity (Wildman–Crippen MR) is 182 cm³/mol. The van der Waals surface area contributed by atoms with Crippen LogP contribution in [-0.4, -0.2) is 0 Å². The Balaban J connectivity index is 1.37. The fourth-order valence-corrected chi connectivity index (χ4v) is 7.75. The van der Waals surface area contributed by atoms with Gasteiger partial charge in [0.2, 0.25) is 0 Å². The molecule has 9 rings (SSSR count). The third-order valence-corrected chi connectivity index (χ3v) is 9.79. The highest BCUT2D eigenvalue weighted by Crippen LogP contribution is 2.51. The molecule has 7 aromatic carbocycles. The van der Waals surface area contributed by atoms with E-state index in [2.05, 4.69) is 148 Å². The molecule has 0 fully saturated rings. The molecule has 1 heterocycles. The van der Waals surface area contributed by atoms with Gasteiger partial charge in [-0.1, -0.05) is 135 Å². The lowest BCUT2D eigenvalue weighted by Gasteiger charge is -2.23. The summed E-state index contributed by atoms with van der Waals surface area (Å²) < 4.78 is 6.69. The van der Waals surface area contributed by atoms with Crippen LogP contribution < -0.4 is 0 Å². The maximum atomic E-state index is 6.69. The smallest absolute Gasteiger partial charge is 0.143 e. The topological polar surface area (TPSA) is 13.1 Å². The van der Waals surface area contributed by atoms with Crippen molar-refractivity contribution in [1.29, 1.82) is 0 Å². The highest BCUT2D eigenvalue weighted by atomic mass is 16.3. The van der Waals surface area contributed by atoms with Gasteiger partial charge in [-0.15, -0.1) is 0 Å². The van der Waals surface area contributed by atoms with Crippen LogP contribution in [0.5, 0.6) is 0 Å². The van der Waals surface area contributed by atoms with Gasteiger partial charge in [0.15, 0.2) is 0 Å². The van der Waals surface area contributed by atoms with Crippen LogP contribution in [0, 0.1) is 6.92 Å². The Hall–Kier alpha value is -5.14. The van der Waals surface area contributed by atoms with Crippen molar-refractivity contribution in [3.05, 3.63) is 144 Å². The summed E-state index contributed by atoms with van der Waals surface area (Å²) in [7, 11) is 0. The minimum Gasteiger partial charge on any atom is -0.455 e. The highest BCUT2D eigenvalue weighted by Gasteiger charge is 2.35. The average molecular weight is 551 g/mol. The normalized spacial score (nSPS) is 13.7. The Morgan fingerprint density at radius 3 is 1.70 bits per heavy atom. The van der Waals surface area contributed by atoms with Crippen molar-refractivity contribution in [2.75, 3.05) is 0 Å². The summed E-state index contributed by atoms with van der Waals surface area (Å²) in [6, 6.07) is 46.8. The highest BCUT2D eigenvalue weighted by molar-refractivity contribution is 6.24. The van der Waals surface area contributed by atoms with Crippen molar-refractivity contribution in [2.45, 2.75) is 26.2 Å². The lowest BCUT2D eigenvalue weighted by atomic mass is 9.80. The second-order valence-electron chi connectivity index (χ2n) is 12.5. The number of fused-ring (bicyclic) bond motifs is 8. The molecule has 1 aliphatic rings. The van der Waals surface area contributed by atoms with E-state index in [-0.39, 0.29) is 5.41 Å². The van der Waals surface area contributed by atoms with E-state index in [9.17, 15) is 0 Å². The van der Waals surface area contributed by atoms with Gasteiger partial charge in [0.1, 0.15) is 11.2 Å². The van der Waals surface area contributed by atoms with Crippen LogP contribution in [0.4, 0.5) is 0 Å². The molecule has 1 aliphatic carbocycles. The van der Waals surface area contributed by atoms with Crippen LogP contribution in [0.2, 0.25) is 0 Å². The minimum absolute atomic E-state index is 0.0530. The Morgan fingerprint density at radius 1 is 0.442 bits per heavy atom. The van der Waals surface area contributed by atoms with Gasteiger partial charge >= 0.3 is 0 Å². The lowest BCUT2D eigenvalue weighted by molar-refractivity contribution is 0.660. The molecule has 43 heavy (non-hydrogen) atoms. The fraction of sp³-hybridized carbons (Fsp3) is 0.0952. The van der Waals surface area contributed by atoms with Gasteiger partial charge in [0.05, 0.1) is 0 Å². The number of aryl methyl sites for hydroxylation is 1. The summed E-state index contributed by atoms with van der Waals surface area (Å²) >= 11 is 0. The van der Waals surface area contributed by atoms with Gasteiger partial charge in [0, 0.05) is 27.3 Å². The molecule has 204 valence electrons. The van der Waals surface area contributed by atoms with Gasteiger partial charge in [-0.2, -0.15) is 0 Å². The summed E-state index contributed by atoms with van der Waals surface area (Å²) in [6.07, 6.45) is 0. The van der Waals surface area contributed by atoms with E-state index in [0.29, 0.717) is 0 Å². The quantitative estimate of drug-likeness (QED) is 0.195. The maximum absolute atomic E-state index is 6.69. The molecule has 1 aromatic heterocycles. The van der Waals surface area contributed by atoms with E-state index in [1.54, 1.807) is 0 Å². The van der Waals surface area contributed by atoms with Crippen molar-refractivity contribution in [1.82, 2.24) is 0 Å². The Bertz CT molecular complexity index is 2380. The molecule has 8 aromatic rings. The number of hydrogen-bond donors (Lipinski definition) is 0. The van der Waals surface area contributed by atoms with Crippen molar-refractivity contribution in [3.8, 4) is 33.4 Å². The fourth-order valence-electron chi connectivity index (χ4n) is 7.75. The van der Waals surface area contributed by atoms with Crippen LogP contribution >= 0.6 is 0 Å². The van der Waals surface area contributed by atoms with Crippen molar-refractivity contribution < 1.29 is 4.42 Å². The Kier molecular flexibility index (Phi) is 4.94. The molecular weight excluding hydrogens is 520 g/mol. The van der Waals surface area contributed by atoms with Gasteiger partial charge in [0.25, 0.3) is 0 Å². The van der Waals surface area contributed by atoms with Crippen molar-refractivity contribution in [3.63, 3.8) is 0 Å². The molecule has 0 radical (unpaired) electrons. The number of benzene rings is 7. The zero-order valence-corrected chi connectivity index (χ0v) is 24.5. The zero-order valence-electron chi connectivity index (χ0n) is 24.5. The predicted octanol–water partition coefficient (Wildman–Crippen LogP) is 11.8. The van der Waals surface area contributed by atoms with Gasteiger partial charge in [-0.3, -0.25) is 0 Å². The number of furan rings is 1. The van der Waals surface area contributed by atoms with Crippen LogP contribution in [0.1, 0.15) is 30.5 Å². The minimum atomic E-state index is -0.0530. The summed E-state index contributed by atoms with van der Waals surface area (Å²) in [5.41, 5.74) is 13.4. The standard InChI is InChI=1S/C42H30O/c1-25-12-10-18-33-34-19-11-20-35(41(34)43-40(25)33)39-31-16-6-4-14-29(31)38(30-15-5-7-17-32(30)39)26-22-23-28-27-13-8-9-21-36(27)42(2,3)37(28)24-26/h4-24H,1-3H3. The van der Waals surface area contributed by atoms with Crippen molar-refractivity contribution in [2.24, 2.45) is 0 Å². The first-order chi connectivity index (χ1) is 21.0. The van der Waals surface area contributed by atoms with Gasteiger partial charge in [-0.05, 0) is 73.5 Å². The maximum Gasteiger partial charge on any atom is 0.143 e. The largest absolute Gasteiger partial charge is 0.455 e. The third kappa shape index (κ3) is 3.28. The third-order valence-electron chi connectivity index (χ3n) is 9.79. The number of para-hydroxylation sites is 2. The van der Waals surface area contributed by atoms with Crippen LogP contribution in [0.3, 0.4) is 0 Å². The summed E-state index contributed by atoms with van der Waals surface area (Å²) in [4.78, 5) is 0. The Morgan fingerprint density at radius 2 is 0.977 bits per heavy atom.